The number of benzene rings is 2. The van der Waals surface area contributed by atoms with Crippen molar-refractivity contribution in [3.05, 3.63) is 60.2 Å². The lowest BCUT2D eigenvalue weighted by molar-refractivity contribution is -0.118. The molecular formula is C19H24N2O. The number of nitrogens with zero attached hydrogens (tertiary/aromatic N) is 1. The lowest BCUT2D eigenvalue weighted by Gasteiger charge is -2.23. The molecule has 0 radical (unpaired) electrons. The fraction of sp³-hybridized carbons (Fsp3) is 0.316. The fourth-order valence-electron chi connectivity index (χ4n) is 2.23. The van der Waals surface area contributed by atoms with Crippen molar-refractivity contribution in [3.8, 4) is 0 Å². The van der Waals surface area contributed by atoms with E-state index < -0.39 is 0 Å². The minimum absolute atomic E-state index is 0.00935. The van der Waals surface area contributed by atoms with Gasteiger partial charge in [0, 0.05) is 30.4 Å². The van der Waals surface area contributed by atoms with Crippen LogP contribution in [-0.4, -0.2) is 12.5 Å². The van der Waals surface area contributed by atoms with Crippen LogP contribution in [0.4, 0.5) is 11.4 Å². The maximum atomic E-state index is 11.7. The van der Waals surface area contributed by atoms with Gasteiger partial charge in [0.15, 0.2) is 0 Å². The Morgan fingerprint density at radius 3 is 2.23 bits per heavy atom. The van der Waals surface area contributed by atoms with Gasteiger partial charge in [-0.15, -0.1) is 0 Å². The fourth-order valence-corrected chi connectivity index (χ4v) is 2.23. The molecule has 2 rings (SSSR count). The molecule has 3 heteroatoms. The highest BCUT2D eigenvalue weighted by Crippen LogP contribution is 2.20. The quantitative estimate of drug-likeness (QED) is 0.861. The smallest absolute Gasteiger partial charge is 0.226 e. The first-order chi connectivity index (χ1) is 10.6. The molecule has 0 unspecified atom stereocenters. The molecule has 1 N–H and O–H groups in total. The van der Waals surface area contributed by atoms with Gasteiger partial charge in [0.05, 0.1) is 0 Å². The second kappa shape index (κ2) is 7.64. The van der Waals surface area contributed by atoms with E-state index in [0.29, 0.717) is 0 Å². The van der Waals surface area contributed by atoms with Crippen molar-refractivity contribution in [1.29, 1.82) is 0 Å². The summed E-state index contributed by atoms with van der Waals surface area (Å²) < 4.78 is 0. The molecule has 0 aliphatic heterocycles. The molecule has 0 atom stereocenters. The van der Waals surface area contributed by atoms with Crippen molar-refractivity contribution >= 4 is 17.3 Å². The average Bonchev–Trinajstić information content (AvgIpc) is 2.54. The molecule has 0 aliphatic carbocycles. The summed E-state index contributed by atoms with van der Waals surface area (Å²) in [7, 11) is 0. The molecule has 1 amide bonds. The Bertz CT molecular complexity index is 591. The van der Waals surface area contributed by atoms with Gasteiger partial charge in [0.1, 0.15) is 0 Å². The minimum atomic E-state index is -0.00935. The third kappa shape index (κ3) is 4.35. The maximum absolute atomic E-state index is 11.7. The van der Waals surface area contributed by atoms with Crippen LogP contribution in [0.5, 0.6) is 0 Å². The summed E-state index contributed by atoms with van der Waals surface area (Å²) in [6.07, 6.45) is 0. The molecule has 0 heterocycles. The average molecular weight is 296 g/mol. The van der Waals surface area contributed by atoms with Gasteiger partial charge >= 0.3 is 0 Å². The Hall–Kier alpha value is -2.29. The van der Waals surface area contributed by atoms with Crippen LogP contribution < -0.4 is 10.2 Å². The lowest BCUT2D eigenvalue weighted by atomic mass is 10.1. The molecule has 2 aromatic rings. The van der Waals surface area contributed by atoms with Crippen LogP contribution in [0.1, 0.15) is 26.3 Å². The zero-order valence-electron chi connectivity index (χ0n) is 13.5. The van der Waals surface area contributed by atoms with Crippen molar-refractivity contribution in [2.24, 2.45) is 5.92 Å². The Morgan fingerprint density at radius 2 is 1.68 bits per heavy atom. The Morgan fingerprint density at radius 1 is 1.05 bits per heavy atom. The van der Waals surface area contributed by atoms with Crippen LogP contribution in [0.3, 0.4) is 0 Å². The third-order valence-corrected chi connectivity index (χ3v) is 3.62. The normalized spacial score (nSPS) is 10.5. The van der Waals surface area contributed by atoms with Crippen molar-refractivity contribution in [2.75, 3.05) is 16.8 Å². The highest BCUT2D eigenvalue weighted by Gasteiger charge is 2.08. The van der Waals surface area contributed by atoms with Gasteiger partial charge in [0.25, 0.3) is 0 Å². The summed E-state index contributed by atoms with van der Waals surface area (Å²) in [5, 5.41) is 2.92. The molecule has 0 saturated carbocycles. The molecule has 116 valence electrons. The zero-order valence-corrected chi connectivity index (χ0v) is 13.5. The Balaban J connectivity index is 2.06. The van der Waals surface area contributed by atoms with Crippen molar-refractivity contribution < 1.29 is 4.79 Å². The molecule has 3 nitrogen and oxygen atoms in total. The summed E-state index contributed by atoms with van der Waals surface area (Å²) >= 11 is 0. The topological polar surface area (TPSA) is 32.3 Å². The highest BCUT2D eigenvalue weighted by molar-refractivity contribution is 5.92. The molecule has 0 aromatic heterocycles. The summed E-state index contributed by atoms with van der Waals surface area (Å²) in [5.74, 6) is 0.0364. The number of rotatable bonds is 6. The highest BCUT2D eigenvalue weighted by atomic mass is 16.1. The van der Waals surface area contributed by atoms with Gasteiger partial charge in [0.2, 0.25) is 5.91 Å². The van der Waals surface area contributed by atoms with Crippen LogP contribution in [0.15, 0.2) is 54.6 Å². The number of hydrogen-bond donors (Lipinski definition) is 1. The number of carbonyl (C=O) groups is 1. The van der Waals surface area contributed by atoms with Crippen LogP contribution in [0, 0.1) is 5.92 Å². The van der Waals surface area contributed by atoms with Crippen LogP contribution >= 0.6 is 0 Å². The van der Waals surface area contributed by atoms with E-state index in [1.165, 1.54) is 5.56 Å². The van der Waals surface area contributed by atoms with Crippen LogP contribution in [-0.2, 0) is 11.3 Å². The van der Waals surface area contributed by atoms with Gasteiger partial charge in [-0.25, -0.2) is 0 Å². The standard InChI is InChI=1S/C19H24N2O/c1-4-21(14-16-8-6-5-7-9-16)18-12-10-17(11-13-18)20-19(22)15(2)3/h5-13,15H,4,14H2,1-3H3,(H,20,22). The first-order valence-corrected chi connectivity index (χ1v) is 7.80. The molecule has 22 heavy (non-hydrogen) atoms. The van der Waals surface area contributed by atoms with E-state index in [0.717, 1.165) is 24.5 Å². The van der Waals surface area contributed by atoms with E-state index in [9.17, 15) is 4.79 Å². The molecule has 0 saturated heterocycles. The van der Waals surface area contributed by atoms with E-state index >= 15 is 0 Å². The molecule has 2 aromatic carbocycles. The van der Waals surface area contributed by atoms with Crippen molar-refractivity contribution in [3.63, 3.8) is 0 Å². The lowest BCUT2D eigenvalue weighted by Crippen LogP contribution is -2.22. The first-order valence-electron chi connectivity index (χ1n) is 7.80. The van der Waals surface area contributed by atoms with Gasteiger partial charge in [-0.1, -0.05) is 44.2 Å². The summed E-state index contributed by atoms with van der Waals surface area (Å²) in [5.41, 5.74) is 3.30. The number of carbonyl (C=O) groups excluding carboxylic acids is 1. The second-order valence-electron chi connectivity index (χ2n) is 5.69. The summed E-state index contributed by atoms with van der Waals surface area (Å²) in [6.45, 7) is 7.75. The number of nitrogens with one attached hydrogen (secondary N) is 1. The van der Waals surface area contributed by atoms with Gasteiger partial charge in [-0.05, 0) is 36.8 Å². The minimum Gasteiger partial charge on any atom is -0.367 e. The van der Waals surface area contributed by atoms with Crippen molar-refractivity contribution in [2.45, 2.75) is 27.3 Å². The predicted octanol–water partition coefficient (Wildman–Crippen LogP) is 4.31. The molecule has 0 spiro atoms. The summed E-state index contributed by atoms with van der Waals surface area (Å²) in [6, 6.07) is 18.5. The van der Waals surface area contributed by atoms with Gasteiger partial charge in [-0.2, -0.15) is 0 Å². The number of hydrogen-bond acceptors (Lipinski definition) is 2. The maximum Gasteiger partial charge on any atom is 0.226 e. The van der Waals surface area contributed by atoms with Gasteiger partial charge in [-0.3, -0.25) is 4.79 Å². The van der Waals surface area contributed by atoms with Crippen molar-refractivity contribution in [1.82, 2.24) is 0 Å². The summed E-state index contributed by atoms with van der Waals surface area (Å²) in [4.78, 5) is 14.0. The van der Waals surface area contributed by atoms with E-state index in [2.05, 4.69) is 53.5 Å². The van der Waals surface area contributed by atoms with E-state index in [1.807, 2.05) is 32.0 Å². The third-order valence-electron chi connectivity index (χ3n) is 3.62. The second-order valence-corrected chi connectivity index (χ2v) is 5.69. The zero-order chi connectivity index (χ0) is 15.9. The van der Waals surface area contributed by atoms with E-state index in [4.69, 9.17) is 0 Å². The van der Waals surface area contributed by atoms with Gasteiger partial charge < -0.3 is 10.2 Å². The number of anilines is 2. The first kappa shape index (κ1) is 16.1. The molecular weight excluding hydrogens is 272 g/mol. The van der Waals surface area contributed by atoms with E-state index in [1.54, 1.807) is 0 Å². The Labute approximate surface area is 133 Å². The van der Waals surface area contributed by atoms with E-state index in [-0.39, 0.29) is 11.8 Å². The SMILES string of the molecule is CCN(Cc1ccccc1)c1ccc(NC(=O)C(C)C)cc1. The monoisotopic (exact) mass is 296 g/mol. The predicted molar refractivity (Wildman–Crippen MR) is 93.1 cm³/mol. The molecule has 0 bridgehead atoms. The number of amides is 1. The molecule has 0 fully saturated rings. The molecule has 0 aliphatic rings. The largest absolute Gasteiger partial charge is 0.367 e. The van der Waals surface area contributed by atoms with Crippen LogP contribution in [0.2, 0.25) is 0 Å². The Kier molecular flexibility index (Phi) is 5.59. The van der Waals surface area contributed by atoms with Crippen LogP contribution in [0.25, 0.3) is 0 Å².